The molecule has 122 valence electrons. The van der Waals surface area contributed by atoms with Crippen LogP contribution in [0.15, 0.2) is 0 Å². The van der Waals surface area contributed by atoms with Crippen LogP contribution in [-0.4, -0.2) is 25.0 Å². The van der Waals surface area contributed by atoms with E-state index in [0.717, 1.165) is 0 Å². The zero-order chi connectivity index (χ0) is 16.6. The molecule has 0 saturated carbocycles. The van der Waals surface area contributed by atoms with Crippen molar-refractivity contribution in [1.29, 1.82) is 0 Å². The lowest BCUT2D eigenvalue weighted by Crippen LogP contribution is -2.52. The van der Waals surface area contributed by atoms with E-state index in [9.17, 15) is 0 Å². The SMILES string of the molecule is CN(C)C(C(C)(C)CC(C)(C)C)C(C)(C)CC(C)(C)C. The van der Waals surface area contributed by atoms with Gasteiger partial charge in [0.1, 0.15) is 0 Å². The first-order valence-corrected chi connectivity index (χ1v) is 8.14. The molecule has 0 amide bonds. The Morgan fingerprint density at radius 1 is 0.600 bits per heavy atom. The van der Waals surface area contributed by atoms with Crippen molar-refractivity contribution in [2.75, 3.05) is 14.1 Å². The molecule has 1 heteroatoms. The lowest BCUT2D eigenvalue weighted by molar-refractivity contribution is -0.0134. The highest BCUT2D eigenvalue weighted by Gasteiger charge is 2.44. The van der Waals surface area contributed by atoms with E-state index in [2.05, 4.69) is 88.2 Å². The van der Waals surface area contributed by atoms with Gasteiger partial charge in [0.05, 0.1) is 0 Å². The largest absolute Gasteiger partial charge is 0.305 e. The van der Waals surface area contributed by atoms with Gasteiger partial charge in [0.15, 0.2) is 0 Å². The maximum atomic E-state index is 2.46. The van der Waals surface area contributed by atoms with E-state index in [1.165, 1.54) is 12.8 Å². The molecule has 0 aromatic carbocycles. The highest BCUT2D eigenvalue weighted by molar-refractivity contribution is 4.97. The van der Waals surface area contributed by atoms with Crippen molar-refractivity contribution in [3.63, 3.8) is 0 Å². The minimum absolute atomic E-state index is 0.302. The van der Waals surface area contributed by atoms with Crippen molar-refractivity contribution in [2.45, 2.75) is 88.1 Å². The van der Waals surface area contributed by atoms with Crippen LogP contribution in [0.4, 0.5) is 0 Å². The first-order chi connectivity index (χ1) is 8.48. The molecule has 0 fully saturated rings. The topological polar surface area (TPSA) is 3.24 Å². The fraction of sp³-hybridized carbons (Fsp3) is 1.00. The van der Waals surface area contributed by atoms with E-state index in [1.54, 1.807) is 0 Å². The van der Waals surface area contributed by atoms with Gasteiger partial charge in [0.25, 0.3) is 0 Å². The summed E-state index contributed by atoms with van der Waals surface area (Å²) in [5.41, 5.74) is 1.35. The second-order valence-corrected chi connectivity index (χ2v) is 10.8. The minimum Gasteiger partial charge on any atom is -0.305 e. The zero-order valence-corrected chi connectivity index (χ0v) is 16.4. The Balaban J connectivity index is 5.43. The maximum Gasteiger partial charge on any atom is 0.0192 e. The van der Waals surface area contributed by atoms with Gasteiger partial charge in [0, 0.05) is 6.04 Å². The third-order valence-electron chi connectivity index (χ3n) is 3.97. The van der Waals surface area contributed by atoms with Crippen molar-refractivity contribution in [1.82, 2.24) is 4.90 Å². The first-order valence-electron chi connectivity index (χ1n) is 8.14. The van der Waals surface area contributed by atoms with Crippen LogP contribution in [0.25, 0.3) is 0 Å². The van der Waals surface area contributed by atoms with Crippen molar-refractivity contribution in [2.24, 2.45) is 21.7 Å². The summed E-state index contributed by atoms with van der Waals surface area (Å²) in [7, 11) is 4.50. The zero-order valence-electron chi connectivity index (χ0n) is 16.4. The summed E-state index contributed by atoms with van der Waals surface area (Å²) in [6.45, 7) is 24.0. The van der Waals surface area contributed by atoms with Crippen LogP contribution in [-0.2, 0) is 0 Å². The van der Waals surface area contributed by atoms with Crippen LogP contribution in [0.3, 0.4) is 0 Å². The third-order valence-corrected chi connectivity index (χ3v) is 3.97. The van der Waals surface area contributed by atoms with Gasteiger partial charge < -0.3 is 4.90 Å². The molecule has 0 heterocycles. The van der Waals surface area contributed by atoms with E-state index in [4.69, 9.17) is 0 Å². The number of hydrogen-bond acceptors (Lipinski definition) is 1. The molecule has 0 aromatic heterocycles. The summed E-state index contributed by atoms with van der Waals surface area (Å²) in [4.78, 5) is 2.46. The molecule has 0 rings (SSSR count). The monoisotopic (exact) mass is 283 g/mol. The molecule has 0 spiro atoms. The van der Waals surface area contributed by atoms with Gasteiger partial charge in [-0.1, -0.05) is 69.2 Å². The second kappa shape index (κ2) is 5.99. The van der Waals surface area contributed by atoms with Gasteiger partial charge in [-0.05, 0) is 48.6 Å². The summed E-state index contributed by atoms with van der Waals surface area (Å²) in [5, 5.41) is 0. The molecule has 0 aliphatic carbocycles. The molecular formula is C19H41N. The third kappa shape index (κ3) is 6.61. The molecule has 0 saturated heterocycles. The number of nitrogens with zero attached hydrogens (tertiary/aromatic N) is 1. The Kier molecular flexibility index (Phi) is 5.98. The van der Waals surface area contributed by atoms with Gasteiger partial charge >= 0.3 is 0 Å². The number of hydrogen-bond donors (Lipinski definition) is 0. The van der Waals surface area contributed by atoms with E-state index in [1.807, 2.05) is 0 Å². The van der Waals surface area contributed by atoms with Crippen molar-refractivity contribution < 1.29 is 0 Å². The molecule has 0 unspecified atom stereocenters. The summed E-state index contributed by atoms with van der Waals surface area (Å²) in [5.74, 6) is 0. The Morgan fingerprint density at radius 2 is 0.850 bits per heavy atom. The molecule has 20 heavy (non-hydrogen) atoms. The van der Waals surface area contributed by atoms with Gasteiger partial charge in [-0.25, -0.2) is 0 Å². The molecule has 0 N–H and O–H groups in total. The van der Waals surface area contributed by atoms with Gasteiger partial charge in [0.2, 0.25) is 0 Å². The molecule has 0 bridgehead atoms. The van der Waals surface area contributed by atoms with Crippen LogP contribution >= 0.6 is 0 Å². The highest BCUT2D eigenvalue weighted by atomic mass is 15.1. The van der Waals surface area contributed by atoms with Gasteiger partial charge in [-0.15, -0.1) is 0 Å². The quantitative estimate of drug-likeness (QED) is 0.612. The standard InChI is InChI=1S/C19H41N/c1-16(2,3)13-18(7,8)15(20(11)12)19(9,10)14-17(4,5)6/h15H,13-14H2,1-12H3. The molecule has 0 aromatic rings. The van der Waals surface area contributed by atoms with Crippen LogP contribution in [0.1, 0.15) is 82.1 Å². The molecule has 0 aliphatic rings. The van der Waals surface area contributed by atoms with Crippen LogP contribution in [0.2, 0.25) is 0 Å². The summed E-state index contributed by atoms with van der Waals surface area (Å²) >= 11 is 0. The highest BCUT2D eigenvalue weighted by Crippen LogP contribution is 2.48. The average Bonchev–Trinajstić information content (AvgIpc) is 1.87. The molecule has 0 radical (unpaired) electrons. The second-order valence-electron chi connectivity index (χ2n) is 10.8. The van der Waals surface area contributed by atoms with E-state index >= 15 is 0 Å². The Bertz CT molecular complexity index is 269. The Labute approximate surface area is 129 Å². The van der Waals surface area contributed by atoms with Crippen LogP contribution < -0.4 is 0 Å². The smallest absolute Gasteiger partial charge is 0.0192 e. The lowest BCUT2D eigenvalue weighted by atomic mass is 9.60. The average molecular weight is 284 g/mol. The molecule has 0 atom stereocenters. The maximum absolute atomic E-state index is 2.46. The van der Waals surface area contributed by atoms with Gasteiger partial charge in [-0.2, -0.15) is 0 Å². The van der Waals surface area contributed by atoms with Crippen molar-refractivity contribution >= 4 is 0 Å². The summed E-state index contributed by atoms with van der Waals surface area (Å²) in [6.07, 6.45) is 2.49. The van der Waals surface area contributed by atoms with Crippen LogP contribution in [0.5, 0.6) is 0 Å². The Hall–Kier alpha value is -0.0400. The van der Waals surface area contributed by atoms with E-state index < -0.39 is 0 Å². The fourth-order valence-electron chi connectivity index (χ4n) is 5.38. The molecular weight excluding hydrogens is 242 g/mol. The van der Waals surface area contributed by atoms with Gasteiger partial charge in [-0.3, -0.25) is 0 Å². The van der Waals surface area contributed by atoms with Crippen molar-refractivity contribution in [3.8, 4) is 0 Å². The molecule has 1 nitrogen and oxygen atoms in total. The minimum atomic E-state index is 0.302. The predicted molar refractivity (Wildman–Crippen MR) is 93.2 cm³/mol. The van der Waals surface area contributed by atoms with E-state index in [0.29, 0.717) is 27.7 Å². The van der Waals surface area contributed by atoms with Crippen LogP contribution in [0, 0.1) is 21.7 Å². The molecule has 0 aliphatic heterocycles. The normalized spacial score (nSPS) is 15.3. The Morgan fingerprint density at radius 3 is 1.00 bits per heavy atom. The summed E-state index contributed by atoms with van der Waals surface area (Å²) < 4.78 is 0. The number of rotatable bonds is 5. The lowest BCUT2D eigenvalue weighted by Gasteiger charge is -2.52. The van der Waals surface area contributed by atoms with E-state index in [-0.39, 0.29) is 0 Å². The summed E-state index contributed by atoms with van der Waals surface area (Å²) in [6, 6.07) is 0.577. The predicted octanol–water partition coefficient (Wildman–Crippen LogP) is 5.84. The fourth-order valence-corrected chi connectivity index (χ4v) is 5.38. The van der Waals surface area contributed by atoms with Crippen molar-refractivity contribution in [3.05, 3.63) is 0 Å². The first kappa shape index (κ1) is 20.0.